The average Bonchev–Trinajstić information content (AvgIpc) is 2.91. The number of nitrogens with zero attached hydrogens (tertiary/aromatic N) is 1. The molecule has 1 aliphatic rings. The van der Waals surface area contributed by atoms with Crippen LogP contribution in [0, 0.1) is 0 Å². The highest BCUT2D eigenvalue weighted by Crippen LogP contribution is 2.41. The third-order valence-corrected chi connectivity index (χ3v) is 5.13. The number of rotatable bonds is 5. The molecule has 1 heterocycles. The van der Waals surface area contributed by atoms with Crippen LogP contribution in [0.15, 0.2) is 18.2 Å². The molecule has 2 aromatic rings. The summed E-state index contributed by atoms with van der Waals surface area (Å²) in [5.74, 6) is 0.565. The number of carbonyl (C=O) groups is 1. The largest absolute Gasteiger partial charge is 0.352 e. The molecule has 0 saturated carbocycles. The van der Waals surface area contributed by atoms with E-state index in [1.807, 2.05) is 12.1 Å². The highest BCUT2D eigenvalue weighted by atomic mass is 16.1. The van der Waals surface area contributed by atoms with E-state index in [0.29, 0.717) is 25.0 Å². The molecule has 1 unspecified atom stereocenters. The molecule has 1 aliphatic carbocycles. The first-order valence-electron chi connectivity index (χ1n) is 9.20. The van der Waals surface area contributed by atoms with Gasteiger partial charge in [0.25, 0.3) is 5.91 Å². The van der Waals surface area contributed by atoms with Crippen LogP contribution < -0.4 is 11.1 Å². The molecule has 0 radical (unpaired) electrons. The molecule has 24 heavy (non-hydrogen) atoms. The van der Waals surface area contributed by atoms with Gasteiger partial charge in [0.2, 0.25) is 0 Å². The van der Waals surface area contributed by atoms with Crippen LogP contribution in [0.25, 0.3) is 10.9 Å². The fourth-order valence-corrected chi connectivity index (χ4v) is 4.09. The number of aromatic nitrogens is 1. The summed E-state index contributed by atoms with van der Waals surface area (Å²) in [7, 11) is 0. The first-order chi connectivity index (χ1) is 11.6. The number of nitrogens with two attached hydrogens (primary N) is 1. The average molecular weight is 327 g/mol. The fourth-order valence-electron chi connectivity index (χ4n) is 4.09. The molecule has 0 spiro atoms. The summed E-state index contributed by atoms with van der Waals surface area (Å²) in [5, 5.41) is 4.28. The molecule has 0 aliphatic heterocycles. The van der Waals surface area contributed by atoms with Crippen molar-refractivity contribution in [2.45, 2.75) is 58.4 Å². The SMILES string of the molecule is CC1CCCc2c1n(C(C)C)c1c(C(=O)NCCCN)cccc21. The molecule has 0 fully saturated rings. The third-order valence-electron chi connectivity index (χ3n) is 5.13. The Morgan fingerprint density at radius 3 is 2.92 bits per heavy atom. The van der Waals surface area contributed by atoms with Crippen LogP contribution >= 0.6 is 0 Å². The highest BCUT2D eigenvalue weighted by molar-refractivity contribution is 6.07. The Hall–Kier alpha value is -1.81. The molecule has 3 rings (SSSR count). The van der Waals surface area contributed by atoms with Crippen molar-refractivity contribution < 1.29 is 4.79 Å². The van der Waals surface area contributed by atoms with Crippen LogP contribution in [0.1, 0.15) is 73.6 Å². The number of amides is 1. The van der Waals surface area contributed by atoms with Gasteiger partial charge in [-0.2, -0.15) is 0 Å². The number of carbonyl (C=O) groups excluding carboxylic acids is 1. The number of aryl methyl sites for hydroxylation is 1. The van der Waals surface area contributed by atoms with E-state index in [9.17, 15) is 4.79 Å². The summed E-state index contributed by atoms with van der Waals surface area (Å²) in [5.41, 5.74) is 10.3. The normalized spacial score (nSPS) is 17.3. The third kappa shape index (κ3) is 2.84. The maximum atomic E-state index is 12.7. The Kier molecular flexibility index (Phi) is 4.95. The van der Waals surface area contributed by atoms with Gasteiger partial charge in [0.05, 0.1) is 11.1 Å². The second-order valence-corrected chi connectivity index (χ2v) is 7.22. The number of fused-ring (bicyclic) bond motifs is 3. The van der Waals surface area contributed by atoms with Gasteiger partial charge in [0.1, 0.15) is 0 Å². The van der Waals surface area contributed by atoms with Gasteiger partial charge in [-0.15, -0.1) is 0 Å². The molecule has 4 heteroatoms. The van der Waals surface area contributed by atoms with E-state index >= 15 is 0 Å². The van der Waals surface area contributed by atoms with Crippen molar-refractivity contribution in [1.82, 2.24) is 9.88 Å². The van der Waals surface area contributed by atoms with Gasteiger partial charge in [-0.3, -0.25) is 4.79 Å². The monoisotopic (exact) mass is 327 g/mol. The van der Waals surface area contributed by atoms with Crippen molar-refractivity contribution in [1.29, 1.82) is 0 Å². The lowest BCUT2D eigenvalue weighted by molar-refractivity contribution is 0.0954. The summed E-state index contributed by atoms with van der Waals surface area (Å²) in [6.45, 7) is 7.97. The Labute approximate surface area is 144 Å². The molecule has 0 bridgehead atoms. The molecule has 4 nitrogen and oxygen atoms in total. The van der Waals surface area contributed by atoms with Crippen molar-refractivity contribution in [3.8, 4) is 0 Å². The lowest BCUT2D eigenvalue weighted by Gasteiger charge is -2.24. The lowest BCUT2D eigenvalue weighted by atomic mass is 9.87. The summed E-state index contributed by atoms with van der Waals surface area (Å²) in [6.07, 6.45) is 4.39. The standard InChI is InChI=1S/C20H29N3O/c1-13(2)23-18-14(3)7-4-8-15(18)16-9-5-10-17(19(16)23)20(24)22-12-6-11-21/h5,9-10,13-14H,4,6-8,11-12,21H2,1-3H3,(H,22,24). The van der Waals surface area contributed by atoms with Crippen molar-refractivity contribution in [2.75, 3.05) is 13.1 Å². The van der Waals surface area contributed by atoms with Gasteiger partial charge in [0, 0.05) is 23.7 Å². The second-order valence-electron chi connectivity index (χ2n) is 7.22. The Bertz CT molecular complexity index is 745. The lowest BCUT2D eigenvalue weighted by Crippen LogP contribution is -2.26. The Morgan fingerprint density at radius 1 is 1.42 bits per heavy atom. The zero-order valence-corrected chi connectivity index (χ0v) is 15.1. The van der Waals surface area contributed by atoms with Crippen LogP contribution in [0.3, 0.4) is 0 Å². The molecular formula is C20H29N3O. The molecule has 130 valence electrons. The molecular weight excluding hydrogens is 298 g/mol. The molecule has 3 N–H and O–H groups in total. The maximum Gasteiger partial charge on any atom is 0.253 e. The maximum absolute atomic E-state index is 12.7. The quantitative estimate of drug-likeness (QED) is 0.822. The minimum absolute atomic E-state index is 0.0125. The number of hydrogen-bond donors (Lipinski definition) is 2. The van der Waals surface area contributed by atoms with E-state index in [2.05, 4.69) is 36.7 Å². The molecule has 1 aromatic heterocycles. The topological polar surface area (TPSA) is 60.0 Å². The van der Waals surface area contributed by atoms with Gasteiger partial charge in [-0.1, -0.05) is 19.1 Å². The first kappa shape index (κ1) is 17.0. The van der Waals surface area contributed by atoms with Gasteiger partial charge >= 0.3 is 0 Å². The zero-order chi connectivity index (χ0) is 17.3. The fraction of sp³-hybridized carbons (Fsp3) is 0.550. The number of benzene rings is 1. The van der Waals surface area contributed by atoms with Crippen LogP contribution in [0.5, 0.6) is 0 Å². The van der Waals surface area contributed by atoms with Gasteiger partial charge < -0.3 is 15.6 Å². The summed E-state index contributed by atoms with van der Waals surface area (Å²) >= 11 is 0. The molecule has 1 atom stereocenters. The van der Waals surface area contributed by atoms with E-state index in [1.165, 1.54) is 29.5 Å². The molecule has 0 saturated heterocycles. The van der Waals surface area contributed by atoms with Gasteiger partial charge in [-0.25, -0.2) is 0 Å². The summed E-state index contributed by atoms with van der Waals surface area (Å²) in [4.78, 5) is 12.7. The Morgan fingerprint density at radius 2 is 2.21 bits per heavy atom. The van der Waals surface area contributed by atoms with Gasteiger partial charge in [-0.05, 0) is 63.6 Å². The van der Waals surface area contributed by atoms with Crippen molar-refractivity contribution in [3.05, 3.63) is 35.0 Å². The van der Waals surface area contributed by atoms with Crippen molar-refractivity contribution in [2.24, 2.45) is 5.73 Å². The minimum Gasteiger partial charge on any atom is -0.352 e. The van der Waals surface area contributed by atoms with Crippen LogP contribution in [0.2, 0.25) is 0 Å². The van der Waals surface area contributed by atoms with Crippen molar-refractivity contribution in [3.63, 3.8) is 0 Å². The van der Waals surface area contributed by atoms with Crippen LogP contribution in [-0.2, 0) is 6.42 Å². The molecule has 1 amide bonds. The van der Waals surface area contributed by atoms with E-state index in [0.717, 1.165) is 23.9 Å². The first-order valence-corrected chi connectivity index (χ1v) is 9.20. The second kappa shape index (κ2) is 6.98. The van der Waals surface area contributed by atoms with Crippen LogP contribution in [-0.4, -0.2) is 23.6 Å². The van der Waals surface area contributed by atoms with E-state index < -0.39 is 0 Å². The minimum atomic E-state index is 0.0125. The predicted molar refractivity (Wildman–Crippen MR) is 99.7 cm³/mol. The van der Waals surface area contributed by atoms with E-state index in [1.54, 1.807) is 0 Å². The van der Waals surface area contributed by atoms with Crippen LogP contribution in [0.4, 0.5) is 0 Å². The summed E-state index contributed by atoms with van der Waals surface area (Å²) < 4.78 is 2.41. The zero-order valence-electron chi connectivity index (χ0n) is 15.1. The Balaban J connectivity index is 2.16. The number of hydrogen-bond acceptors (Lipinski definition) is 2. The molecule has 1 aromatic carbocycles. The smallest absolute Gasteiger partial charge is 0.253 e. The van der Waals surface area contributed by atoms with E-state index in [4.69, 9.17) is 5.73 Å². The van der Waals surface area contributed by atoms with Crippen molar-refractivity contribution >= 4 is 16.8 Å². The number of para-hydroxylation sites is 1. The highest BCUT2D eigenvalue weighted by Gasteiger charge is 2.28. The number of nitrogens with one attached hydrogen (secondary N) is 1. The van der Waals surface area contributed by atoms with E-state index in [-0.39, 0.29) is 5.91 Å². The predicted octanol–water partition coefficient (Wildman–Crippen LogP) is 3.74. The van der Waals surface area contributed by atoms with Gasteiger partial charge in [0.15, 0.2) is 0 Å². The summed E-state index contributed by atoms with van der Waals surface area (Å²) in [6, 6.07) is 6.50.